The molecule has 2 aromatic carbocycles. The molecule has 3 N–H and O–H groups in total. The Balaban J connectivity index is 1.82. The third-order valence-corrected chi connectivity index (χ3v) is 5.06. The Morgan fingerprint density at radius 1 is 1.24 bits per heavy atom. The number of hydrogen-bond acceptors (Lipinski definition) is 4. The van der Waals surface area contributed by atoms with Crippen molar-refractivity contribution in [2.45, 2.75) is 39.0 Å². The number of carboxylic acid groups (broad SMARTS) is 1. The van der Waals surface area contributed by atoms with Gasteiger partial charge in [-0.2, -0.15) is 0 Å². The molecule has 1 aromatic heterocycles. The molecule has 3 aromatic rings. The largest absolute Gasteiger partial charge is 0.493 e. The van der Waals surface area contributed by atoms with Gasteiger partial charge in [-0.15, -0.1) is 0 Å². The lowest BCUT2D eigenvalue weighted by molar-refractivity contribution is -0.139. The number of fused-ring (bicyclic) bond motifs is 1. The normalized spacial score (nSPS) is 12.3. The average Bonchev–Trinajstić information content (AvgIpc) is 3.09. The third kappa shape index (κ3) is 5.10. The molecule has 0 spiro atoms. The summed E-state index contributed by atoms with van der Waals surface area (Å²) in [4.78, 5) is 15.1. The molecular formula is C22H25BrN2O4. The van der Waals surface area contributed by atoms with E-state index >= 15 is 0 Å². The van der Waals surface area contributed by atoms with Gasteiger partial charge in [0.2, 0.25) is 0 Å². The van der Waals surface area contributed by atoms with Crippen molar-refractivity contribution in [3.8, 4) is 11.5 Å². The number of H-pyrrole nitrogens is 1. The van der Waals surface area contributed by atoms with Crippen LogP contribution in [-0.2, 0) is 17.8 Å². The Kier molecular flexibility index (Phi) is 6.82. The van der Waals surface area contributed by atoms with Gasteiger partial charge in [0.05, 0.1) is 13.2 Å². The number of carboxylic acids is 1. The van der Waals surface area contributed by atoms with Crippen LogP contribution in [0.2, 0.25) is 0 Å². The minimum atomic E-state index is -0.899. The molecule has 1 atom stereocenters. The number of halogens is 1. The topological polar surface area (TPSA) is 83.6 Å². The molecule has 0 radical (unpaired) electrons. The Morgan fingerprint density at radius 3 is 2.69 bits per heavy atom. The molecule has 1 unspecified atom stereocenters. The second-order valence-electron chi connectivity index (χ2n) is 7.10. The molecule has 154 valence electrons. The highest BCUT2D eigenvalue weighted by Gasteiger charge is 2.21. The molecule has 0 aliphatic heterocycles. The van der Waals surface area contributed by atoms with Crippen LogP contribution < -0.4 is 14.8 Å². The van der Waals surface area contributed by atoms with Crippen LogP contribution in [0.1, 0.15) is 25.0 Å². The van der Waals surface area contributed by atoms with E-state index in [0.717, 1.165) is 26.5 Å². The number of para-hydroxylation sites is 1. The maximum atomic E-state index is 11.9. The summed E-state index contributed by atoms with van der Waals surface area (Å²) in [6, 6.07) is 10.9. The van der Waals surface area contributed by atoms with Crippen molar-refractivity contribution in [3.05, 3.63) is 58.2 Å². The summed E-state index contributed by atoms with van der Waals surface area (Å²) in [6.45, 7) is 4.21. The quantitative estimate of drug-likeness (QED) is 0.437. The van der Waals surface area contributed by atoms with E-state index in [-0.39, 0.29) is 6.10 Å². The molecule has 0 amide bonds. The number of aromatic nitrogens is 1. The van der Waals surface area contributed by atoms with E-state index in [1.807, 2.05) is 56.4 Å². The first-order valence-electron chi connectivity index (χ1n) is 9.43. The maximum Gasteiger partial charge on any atom is 0.321 e. The van der Waals surface area contributed by atoms with Crippen LogP contribution in [0.5, 0.6) is 11.5 Å². The fourth-order valence-electron chi connectivity index (χ4n) is 3.28. The molecule has 6 nitrogen and oxygen atoms in total. The minimum Gasteiger partial charge on any atom is -0.493 e. The lowest BCUT2D eigenvalue weighted by Gasteiger charge is -2.20. The van der Waals surface area contributed by atoms with E-state index in [4.69, 9.17) is 9.47 Å². The van der Waals surface area contributed by atoms with Crippen LogP contribution in [0, 0.1) is 0 Å². The van der Waals surface area contributed by atoms with Gasteiger partial charge < -0.3 is 19.6 Å². The molecule has 3 rings (SSSR count). The summed E-state index contributed by atoms with van der Waals surface area (Å²) in [6.07, 6.45) is 2.20. The predicted octanol–water partition coefficient (Wildman–Crippen LogP) is 4.51. The number of carbonyl (C=O) groups is 1. The molecular weight excluding hydrogens is 436 g/mol. The number of benzene rings is 2. The second kappa shape index (κ2) is 9.33. The van der Waals surface area contributed by atoms with Gasteiger partial charge in [0, 0.05) is 40.1 Å². The lowest BCUT2D eigenvalue weighted by atomic mass is 10.0. The Morgan fingerprint density at radius 2 is 2.00 bits per heavy atom. The average molecular weight is 461 g/mol. The number of aromatic amines is 1. The Hall–Kier alpha value is -2.51. The van der Waals surface area contributed by atoms with Crippen LogP contribution in [0.4, 0.5) is 0 Å². The van der Waals surface area contributed by atoms with Gasteiger partial charge >= 0.3 is 5.97 Å². The summed E-state index contributed by atoms with van der Waals surface area (Å²) in [5.41, 5.74) is 2.79. The zero-order valence-electron chi connectivity index (χ0n) is 16.7. The summed E-state index contributed by atoms with van der Waals surface area (Å²) in [5.74, 6) is 0.325. The van der Waals surface area contributed by atoms with Crippen LogP contribution >= 0.6 is 15.9 Å². The standard InChI is InChI=1S/C22H25BrN2O4/c1-13(2)29-21-15(8-16(23)10-20(21)28-3)12-25-19(22(26)27)9-14-11-24-18-7-5-4-6-17(14)18/h4-8,10-11,13,19,24-25H,9,12H2,1-3H3,(H,26,27). The van der Waals surface area contributed by atoms with Crippen molar-refractivity contribution >= 4 is 32.8 Å². The zero-order chi connectivity index (χ0) is 21.0. The van der Waals surface area contributed by atoms with Crippen LogP contribution in [0.15, 0.2) is 47.1 Å². The van der Waals surface area contributed by atoms with Gasteiger partial charge in [0.15, 0.2) is 11.5 Å². The molecule has 29 heavy (non-hydrogen) atoms. The van der Waals surface area contributed by atoms with Crippen LogP contribution in [-0.4, -0.2) is 35.3 Å². The summed E-state index contributed by atoms with van der Waals surface area (Å²) in [7, 11) is 1.59. The van der Waals surface area contributed by atoms with E-state index in [1.165, 1.54) is 0 Å². The highest BCUT2D eigenvalue weighted by molar-refractivity contribution is 9.10. The van der Waals surface area contributed by atoms with Crippen molar-refractivity contribution < 1.29 is 19.4 Å². The second-order valence-corrected chi connectivity index (χ2v) is 8.01. The van der Waals surface area contributed by atoms with E-state index < -0.39 is 12.0 Å². The predicted molar refractivity (Wildman–Crippen MR) is 117 cm³/mol. The van der Waals surface area contributed by atoms with E-state index in [9.17, 15) is 9.90 Å². The van der Waals surface area contributed by atoms with Gasteiger partial charge in [-0.25, -0.2) is 0 Å². The van der Waals surface area contributed by atoms with Gasteiger partial charge in [-0.05, 0) is 37.6 Å². The minimum absolute atomic E-state index is 0.0367. The van der Waals surface area contributed by atoms with Crippen LogP contribution in [0.25, 0.3) is 10.9 Å². The molecule has 0 bridgehead atoms. The number of aliphatic carboxylic acids is 1. The monoisotopic (exact) mass is 460 g/mol. The zero-order valence-corrected chi connectivity index (χ0v) is 18.2. The Labute approximate surface area is 178 Å². The van der Waals surface area contributed by atoms with Gasteiger partial charge in [0.25, 0.3) is 0 Å². The van der Waals surface area contributed by atoms with Crippen molar-refractivity contribution in [3.63, 3.8) is 0 Å². The SMILES string of the molecule is COc1cc(Br)cc(CNC(Cc2c[nH]c3ccccc23)C(=O)O)c1OC(C)C. The summed E-state index contributed by atoms with van der Waals surface area (Å²) in [5, 5.41) is 14.0. The maximum absolute atomic E-state index is 11.9. The highest BCUT2D eigenvalue weighted by Crippen LogP contribution is 2.35. The van der Waals surface area contributed by atoms with E-state index in [2.05, 4.69) is 26.2 Å². The molecule has 0 saturated carbocycles. The van der Waals surface area contributed by atoms with Gasteiger partial charge in [-0.3, -0.25) is 10.1 Å². The number of hydrogen-bond donors (Lipinski definition) is 3. The third-order valence-electron chi connectivity index (χ3n) is 4.61. The fourth-order valence-corrected chi connectivity index (χ4v) is 3.76. The first-order chi connectivity index (χ1) is 13.9. The van der Waals surface area contributed by atoms with Crippen molar-refractivity contribution in [1.29, 1.82) is 0 Å². The molecule has 0 saturated heterocycles. The van der Waals surface area contributed by atoms with Gasteiger partial charge in [0.1, 0.15) is 6.04 Å². The van der Waals surface area contributed by atoms with E-state index in [0.29, 0.717) is 24.5 Å². The van der Waals surface area contributed by atoms with E-state index in [1.54, 1.807) is 7.11 Å². The molecule has 1 heterocycles. The Bertz CT molecular complexity index is 1000. The smallest absolute Gasteiger partial charge is 0.321 e. The van der Waals surface area contributed by atoms with Gasteiger partial charge in [-0.1, -0.05) is 34.1 Å². The number of methoxy groups -OCH3 is 1. The summed E-state index contributed by atoms with van der Waals surface area (Å²) >= 11 is 3.48. The highest BCUT2D eigenvalue weighted by atomic mass is 79.9. The lowest BCUT2D eigenvalue weighted by Crippen LogP contribution is -2.38. The fraction of sp³-hybridized carbons (Fsp3) is 0.318. The van der Waals surface area contributed by atoms with Crippen LogP contribution in [0.3, 0.4) is 0 Å². The van der Waals surface area contributed by atoms with Crippen molar-refractivity contribution in [2.75, 3.05) is 7.11 Å². The number of ether oxygens (including phenoxy) is 2. The number of nitrogens with one attached hydrogen (secondary N) is 2. The molecule has 0 aliphatic rings. The van der Waals surface area contributed by atoms with Crippen molar-refractivity contribution in [1.82, 2.24) is 10.3 Å². The summed E-state index contributed by atoms with van der Waals surface area (Å²) < 4.78 is 12.2. The molecule has 0 aliphatic carbocycles. The first-order valence-corrected chi connectivity index (χ1v) is 10.2. The number of rotatable bonds is 9. The molecule has 0 fully saturated rings. The van der Waals surface area contributed by atoms with Crippen molar-refractivity contribution in [2.24, 2.45) is 0 Å². The molecule has 7 heteroatoms. The first kappa shape index (κ1) is 21.2.